The molecule has 0 atom stereocenters. The van der Waals surface area contributed by atoms with Crippen molar-refractivity contribution in [2.75, 3.05) is 13.2 Å². The molecule has 1 aliphatic rings. The summed E-state index contributed by atoms with van der Waals surface area (Å²) < 4.78 is 11.4. The number of terminal acetylenes is 1. The van der Waals surface area contributed by atoms with Crippen molar-refractivity contribution in [2.45, 2.75) is 12.3 Å². The Kier molecular flexibility index (Phi) is 5.82. The maximum absolute atomic E-state index is 5.79. The lowest BCUT2D eigenvalue weighted by Gasteiger charge is -2.34. The van der Waals surface area contributed by atoms with Crippen LogP contribution in [0.2, 0.25) is 0 Å². The van der Waals surface area contributed by atoms with Crippen LogP contribution in [0.4, 0.5) is 0 Å². The summed E-state index contributed by atoms with van der Waals surface area (Å²) in [7, 11) is 0. The molecule has 0 aromatic heterocycles. The second-order valence-electron chi connectivity index (χ2n) is 8.10. The molecule has 0 bridgehead atoms. The Labute approximate surface area is 201 Å². The van der Waals surface area contributed by atoms with Crippen LogP contribution in [-0.4, -0.2) is 13.2 Å². The van der Waals surface area contributed by atoms with E-state index in [2.05, 4.69) is 90.6 Å². The Balaban J connectivity index is 1.71. The fourth-order valence-corrected chi connectivity index (χ4v) is 4.94. The Hall–Kier alpha value is -4.40. The van der Waals surface area contributed by atoms with E-state index >= 15 is 0 Å². The van der Waals surface area contributed by atoms with Gasteiger partial charge in [0.05, 0.1) is 5.41 Å². The summed E-state index contributed by atoms with van der Waals surface area (Å²) in [6.07, 6.45) is 5.37. The van der Waals surface area contributed by atoms with Crippen molar-refractivity contribution in [2.24, 2.45) is 0 Å². The first-order chi connectivity index (χ1) is 16.8. The second kappa shape index (κ2) is 9.22. The molecule has 0 fully saturated rings. The lowest BCUT2D eigenvalue weighted by molar-refractivity contribution is 0.370. The van der Waals surface area contributed by atoms with E-state index in [0.29, 0.717) is 6.61 Å². The topological polar surface area (TPSA) is 18.5 Å². The van der Waals surface area contributed by atoms with Crippen molar-refractivity contribution < 1.29 is 9.47 Å². The standard InChI is InChI=1S/C32H24O2/c1-3-5-23-34-27-20-16-25(17-21-27)32(24-14-18-26(19-15-24)33-22-4-2)30-12-8-6-10-28(30)29-11-7-9-13-31(29)32/h2,6-21H,22-23H2,1H3. The van der Waals surface area contributed by atoms with Gasteiger partial charge < -0.3 is 9.47 Å². The number of benzene rings is 4. The molecule has 0 heterocycles. The summed E-state index contributed by atoms with van der Waals surface area (Å²) in [4.78, 5) is 0. The molecule has 0 saturated carbocycles. The van der Waals surface area contributed by atoms with Crippen molar-refractivity contribution in [3.05, 3.63) is 119 Å². The highest BCUT2D eigenvalue weighted by Gasteiger charge is 2.45. The fraction of sp³-hybridized carbons (Fsp3) is 0.125. The van der Waals surface area contributed by atoms with E-state index in [1.807, 2.05) is 31.2 Å². The SMILES string of the molecule is C#CCOc1ccc(C2(c3ccc(OCC#CC)cc3)c3ccccc3-c3ccccc32)cc1. The van der Waals surface area contributed by atoms with E-state index in [-0.39, 0.29) is 6.61 Å². The van der Waals surface area contributed by atoms with Gasteiger partial charge in [0.1, 0.15) is 24.7 Å². The highest BCUT2D eigenvalue weighted by atomic mass is 16.5. The monoisotopic (exact) mass is 440 g/mol. The molecule has 2 heteroatoms. The summed E-state index contributed by atoms with van der Waals surface area (Å²) in [5, 5.41) is 0. The van der Waals surface area contributed by atoms with E-state index in [1.54, 1.807) is 0 Å². The molecule has 4 aromatic rings. The largest absolute Gasteiger partial charge is 0.481 e. The van der Waals surface area contributed by atoms with Crippen LogP contribution in [0.25, 0.3) is 11.1 Å². The van der Waals surface area contributed by atoms with Crippen LogP contribution in [0, 0.1) is 24.2 Å². The number of hydrogen-bond acceptors (Lipinski definition) is 2. The van der Waals surface area contributed by atoms with Gasteiger partial charge >= 0.3 is 0 Å². The molecule has 0 spiro atoms. The zero-order chi connectivity index (χ0) is 23.4. The maximum atomic E-state index is 5.79. The maximum Gasteiger partial charge on any atom is 0.149 e. The third-order valence-corrected chi connectivity index (χ3v) is 6.34. The normalized spacial score (nSPS) is 12.5. The molecule has 1 aliphatic carbocycles. The molecule has 5 rings (SSSR count). The van der Waals surface area contributed by atoms with E-state index in [1.165, 1.54) is 33.4 Å². The van der Waals surface area contributed by atoms with Gasteiger partial charge in [-0.15, -0.1) is 12.3 Å². The molecule has 0 saturated heterocycles. The zero-order valence-corrected chi connectivity index (χ0v) is 19.0. The number of ether oxygens (including phenoxy) is 2. The molecule has 0 amide bonds. The smallest absolute Gasteiger partial charge is 0.149 e. The predicted octanol–water partition coefficient (Wildman–Crippen LogP) is 6.46. The van der Waals surface area contributed by atoms with Crippen LogP contribution >= 0.6 is 0 Å². The summed E-state index contributed by atoms with van der Waals surface area (Å²) in [6, 6.07) is 34.0. The van der Waals surface area contributed by atoms with Crippen LogP contribution in [-0.2, 0) is 5.41 Å². The molecular formula is C32H24O2. The van der Waals surface area contributed by atoms with E-state index < -0.39 is 5.41 Å². The van der Waals surface area contributed by atoms with Gasteiger partial charge in [0, 0.05) is 0 Å². The van der Waals surface area contributed by atoms with Crippen molar-refractivity contribution in [1.29, 1.82) is 0 Å². The van der Waals surface area contributed by atoms with Crippen molar-refractivity contribution in [3.8, 4) is 46.8 Å². The molecule has 0 unspecified atom stereocenters. The molecule has 0 radical (unpaired) electrons. The third-order valence-electron chi connectivity index (χ3n) is 6.34. The summed E-state index contributed by atoms with van der Waals surface area (Å²) in [5.74, 6) is 9.91. The average molecular weight is 441 g/mol. The highest BCUT2D eigenvalue weighted by molar-refractivity contribution is 5.86. The summed E-state index contributed by atoms with van der Waals surface area (Å²) in [6.45, 7) is 2.44. The quantitative estimate of drug-likeness (QED) is 0.282. The minimum Gasteiger partial charge on any atom is -0.481 e. The summed E-state index contributed by atoms with van der Waals surface area (Å²) >= 11 is 0. The van der Waals surface area contributed by atoms with Crippen molar-refractivity contribution >= 4 is 0 Å². The fourth-order valence-electron chi connectivity index (χ4n) is 4.94. The van der Waals surface area contributed by atoms with Crippen LogP contribution in [0.5, 0.6) is 11.5 Å². The first-order valence-electron chi connectivity index (χ1n) is 11.3. The number of rotatable bonds is 6. The first kappa shape index (κ1) is 21.4. The van der Waals surface area contributed by atoms with Crippen molar-refractivity contribution in [1.82, 2.24) is 0 Å². The van der Waals surface area contributed by atoms with Gasteiger partial charge in [-0.2, -0.15) is 0 Å². The molecular weight excluding hydrogens is 416 g/mol. The van der Waals surface area contributed by atoms with Crippen molar-refractivity contribution in [3.63, 3.8) is 0 Å². The van der Waals surface area contributed by atoms with Crippen LogP contribution in [0.3, 0.4) is 0 Å². The Bertz CT molecular complexity index is 1370. The van der Waals surface area contributed by atoms with Gasteiger partial charge in [0.15, 0.2) is 0 Å². The summed E-state index contributed by atoms with van der Waals surface area (Å²) in [5.41, 5.74) is 6.92. The molecule has 2 nitrogen and oxygen atoms in total. The lowest BCUT2D eigenvalue weighted by Crippen LogP contribution is -2.28. The Morgan fingerprint density at radius 2 is 1.12 bits per heavy atom. The molecule has 34 heavy (non-hydrogen) atoms. The molecule has 164 valence electrons. The van der Waals surface area contributed by atoms with E-state index in [4.69, 9.17) is 15.9 Å². The number of hydrogen-bond donors (Lipinski definition) is 0. The average Bonchev–Trinajstić information content (AvgIpc) is 3.20. The second-order valence-corrected chi connectivity index (χ2v) is 8.10. The Morgan fingerprint density at radius 3 is 1.59 bits per heavy atom. The highest BCUT2D eigenvalue weighted by Crippen LogP contribution is 2.56. The minimum absolute atomic E-state index is 0.250. The van der Waals surface area contributed by atoms with E-state index in [0.717, 1.165) is 11.5 Å². The Morgan fingerprint density at radius 1 is 0.647 bits per heavy atom. The first-order valence-corrected chi connectivity index (χ1v) is 11.3. The van der Waals surface area contributed by atoms with Gasteiger partial charge in [0.2, 0.25) is 0 Å². The molecule has 0 aliphatic heterocycles. The van der Waals surface area contributed by atoms with Gasteiger partial charge in [-0.3, -0.25) is 0 Å². The lowest BCUT2D eigenvalue weighted by atomic mass is 9.68. The van der Waals surface area contributed by atoms with Gasteiger partial charge in [-0.1, -0.05) is 84.6 Å². The van der Waals surface area contributed by atoms with Gasteiger partial charge in [-0.25, -0.2) is 0 Å². The number of fused-ring (bicyclic) bond motifs is 3. The third kappa shape index (κ3) is 3.51. The predicted molar refractivity (Wildman–Crippen MR) is 137 cm³/mol. The van der Waals surface area contributed by atoms with Crippen LogP contribution in [0.1, 0.15) is 29.2 Å². The molecule has 0 N–H and O–H groups in total. The van der Waals surface area contributed by atoms with Crippen LogP contribution in [0.15, 0.2) is 97.1 Å². The van der Waals surface area contributed by atoms with Gasteiger partial charge in [0.25, 0.3) is 0 Å². The molecule has 4 aromatic carbocycles. The minimum atomic E-state index is -0.459. The van der Waals surface area contributed by atoms with Gasteiger partial charge in [-0.05, 0) is 64.6 Å². The van der Waals surface area contributed by atoms with E-state index in [9.17, 15) is 0 Å². The van der Waals surface area contributed by atoms with Crippen LogP contribution < -0.4 is 9.47 Å². The zero-order valence-electron chi connectivity index (χ0n) is 19.0.